The Morgan fingerprint density at radius 2 is 1.94 bits per heavy atom. The smallest absolute Gasteiger partial charge is 0.150 e. The van der Waals surface area contributed by atoms with Crippen molar-refractivity contribution in [3.63, 3.8) is 0 Å². The van der Waals surface area contributed by atoms with Gasteiger partial charge in [0.1, 0.15) is 12.4 Å². The monoisotopic (exact) mass is 244 g/mol. The van der Waals surface area contributed by atoms with E-state index >= 15 is 0 Å². The Morgan fingerprint density at radius 1 is 1.24 bits per heavy atom. The van der Waals surface area contributed by atoms with Crippen molar-refractivity contribution in [2.75, 3.05) is 26.2 Å². The molecule has 4 nitrogen and oxygen atoms in total. The van der Waals surface area contributed by atoms with Crippen molar-refractivity contribution in [1.82, 2.24) is 5.32 Å². The molecule has 17 heavy (non-hydrogen) atoms. The van der Waals surface area contributed by atoms with Gasteiger partial charge >= 0.3 is 0 Å². The Labute approximate surface area is 105 Å². The third kappa shape index (κ3) is 11.8. The molecule has 0 heterocycles. The van der Waals surface area contributed by atoms with Gasteiger partial charge in [-0.3, -0.25) is 0 Å². The molecule has 0 bridgehead atoms. The highest BCUT2D eigenvalue weighted by Crippen LogP contribution is 2.05. The second-order valence-corrected chi connectivity index (χ2v) is 4.31. The van der Waals surface area contributed by atoms with Gasteiger partial charge in [-0.1, -0.05) is 39.0 Å². The molecule has 1 unspecified atom stereocenters. The van der Waals surface area contributed by atoms with Crippen LogP contribution in [0.2, 0.25) is 0 Å². The van der Waals surface area contributed by atoms with Crippen molar-refractivity contribution >= 4 is 6.29 Å². The second-order valence-electron chi connectivity index (χ2n) is 4.31. The van der Waals surface area contributed by atoms with Gasteiger partial charge in [0.05, 0.1) is 0 Å². The average molecular weight is 244 g/mol. The molecule has 1 atom stereocenters. The van der Waals surface area contributed by atoms with E-state index in [-0.39, 0.29) is 6.10 Å². The number of nitrogens with one attached hydrogen (secondary N) is 1. The number of unbranched alkanes of at least 4 members (excludes halogenated alkanes) is 5. The third-order valence-corrected chi connectivity index (χ3v) is 2.65. The molecule has 0 aliphatic rings. The number of ether oxygens (including phenoxy) is 1. The maximum atomic E-state index is 10.7. The van der Waals surface area contributed by atoms with Gasteiger partial charge < -0.3 is 20.6 Å². The van der Waals surface area contributed by atoms with Gasteiger partial charge in [0.15, 0.2) is 0 Å². The van der Waals surface area contributed by atoms with E-state index in [1.165, 1.54) is 32.1 Å². The summed E-state index contributed by atoms with van der Waals surface area (Å²) in [6.45, 7) is 4.77. The zero-order chi connectivity index (χ0) is 12.8. The lowest BCUT2D eigenvalue weighted by molar-refractivity contribution is -0.117. The zero-order valence-electron chi connectivity index (χ0n) is 11.1. The molecule has 0 aliphatic heterocycles. The van der Waals surface area contributed by atoms with E-state index in [4.69, 9.17) is 10.5 Å². The summed E-state index contributed by atoms with van der Waals surface area (Å²) in [4.78, 5) is 10.7. The van der Waals surface area contributed by atoms with Gasteiger partial charge in [0, 0.05) is 26.2 Å². The van der Waals surface area contributed by atoms with Gasteiger partial charge in [-0.2, -0.15) is 0 Å². The van der Waals surface area contributed by atoms with Crippen LogP contribution in [0.25, 0.3) is 0 Å². The minimum Gasteiger partial charge on any atom is -0.369 e. The first-order chi connectivity index (χ1) is 8.35. The van der Waals surface area contributed by atoms with Crippen LogP contribution in [0.15, 0.2) is 0 Å². The molecule has 0 rings (SSSR count). The summed E-state index contributed by atoms with van der Waals surface area (Å²) in [5.74, 6) is 0. The highest BCUT2D eigenvalue weighted by molar-refractivity contribution is 5.56. The third-order valence-electron chi connectivity index (χ3n) is 2.65. The molecule has 0 saturated heterocycles. The van der Waals surface area contributed by atoms with Crippen LogP contribution in [0.3, 0.4) is 0 Å². The van der Waals surface area contributed by atoms with Crippen LogP contribution >= 0.6 is 0 Å². The van der Waals surface area contributed by atoms with Crippen LogP contribution in [0.1, 0.15) is 45.4 Å². The van der Waals surface area contributed by atoms with Crippen molar-refractivity contribution in [3.05, 3.63) is 0 Å². The minimum atomic E-state index is -0.322. The maximum Gasteiger partial charge on any atom is 0.150 e. The van der Waals surface area contributed by atoms with E-state index in [1.807, 2.05) is 0 Å². The van der Waals surface area contributed by atoms with Crippen LogP contribution in [0.4, 0.5) is 0 Å². The number of carbonyl (C=O) groups excluding carboxylic acids is 1. The minimum absolute atomic E-state index is 0.322. The predicted octanol–water partition coefficient (Wildman–Crippen LogP) is 1.48. The number of aldehydes is 1. The SMILES string of the molecule is CCCCCCCCOC(C=O)CNCCN. The fraction of sp³-hybridized carbons (Fsp3) is 0.923. The van der Waals surface area contributed by atoms with Crippen molar-refractivity contribution < 1.29 is 9.53 Å². The van der Waals surface area contributed by atoms with E-state index in [0.29, 0.717) is 19.7 Å². The topological polar surface area (TPSA) is 64.3 Å². The van der Waals surface area contributed by atoms with Crippen LogP contribution in [-0.2, 0) is 9.53 Å². The van der Waals surface area contributed by atoms with Crippen molar-refractivity contribution in [1.29, 1.82) is 0 Å². The number of carbonyl (C=O) groups is 1. The molecule has 0 radical (unpaired) electrons. The largest absolute Gasteiger partial charge is 0.369 e. The molecule has 0 saturated carbocycles. The van der Waals surface area contributed by atoms with Crippen LogP contribution in [0.5, 0.6) is 0 Å². The fourth-order valence-corrected chi connectivity index (χ4v) is 1.61. The first-order valence-corrected chi connectivity index (χ1v) is 6.82. The Kier molecular flexibility index (Phi) is 13.3. The van der Waals surface area contributed by atoms with Gasteiger partial charge in [-0.25, -0.2) is 0 Å². The number of rotatable bonds is 13. The molecule has 4 heteroatoms. The van der Waals surface area contributed by atoms with Crippen LogP contribution < -0.4 is 11.1 Å². The van der Waals surface area contributed by atoms with E-state index in [9.17, 15) is 4.79 Å². The Balaban J connectivity index is 3.28. The van der Waals surface area contributed by atoms with E-state index in [1.54, 1.807) is 0 Å². The van der Waals surface area contributed by atoms with Gasteiger partial charge in [-0.15, -0.1) is 0 Å². The maximum absolute atomic E-state index is 10.7. The molecule has 0 fully saturated rings. The summed E-state index contributed by atoms with van der Waals surface area (Å²) < 4.78 is 5.47. The molecule has 0 amide bonds. The number of hydrogen-bond donors (Lipinski definition) is 2. The molecule has 0 spiro atoms. The predicted molar refractivity (Wildman–Crippen MR) is 71.1 cm³/mol. The molecule has 3 N–H and O–H groups in total. The summed E-state index contributed by atoms with van der Waals surface area (Å²) in [6.07, 6.45) is 7.96. The average Bonchev–Trinajstić information content (AvgIpc) is 2.35. The van der Waals surface area contributed by atoms with Crippen molar-refractivity contribution in [2.45, 2.75) is 51.6 Å². The summed E-state index contributed by atoms with van der Waals surface area (Å²) in [5, 5.41) is 3.07. The number of hydrogen-bond acceptors (Lipinski definition) is 4. The fourth-order valence-electron chi connectivity index (χ4n) is 1.61. The first kappa shape index (κ1) is 16.6. The van der Waals surface area contributed by atoms with E-state index in [2.05, 4.69) is 12.2 Å². The molecule has 0 aromatic heterocycles. The molecule has 102 valence electrons. The Hall–Kier alpha value is -0.450. The summed E-state index contributed by atoms with van der Waals surface area (Å²) in [5.41, 5.74) is 5.34. The van der Waals surface area contributed by atoms with Gasteiger partial charge in [0.2, 0.25) is 0 Å². The Morgan fingerprint density at radius 3 is 2.59 bits per heavy atom. The highest BCUT2D eigenvalue weighted by Gasteiger charge is 2.05. The standard InChI is InChI=1S/C13H28N2O2/c1-2-3-4-5-6-7-10-17-13(12-16)11-15-9-8-14/h12-13,15H,2-11,14H2,1H3. The van der Waals surface area contributed by atoms with Gasteiger partial charge in [0.25, 0.3) is 0 Å². The highest BCUT2D eigenvalue weighted by atomic mass is 16.5. The van der Waals surface area contributed by atoms with E-state index < -0.39 is 0 Å². The second kappa shape index (κ2) is 13.6. The first-order valence-electron chi connectivity index (χ1n) is 6.82. The normalized spacial score (nSPS) is 12.6. The Bertz CT molecular complexity index is 165. The lowest BCUT2D eigenvalue weighted by Gasteiger charge is -2.12. The lowest BCUT2D eigenvalue weighted by atomic mass is 10.1. The summed E-state index contributed by atoms with van der Waals surface area (Å²) in [7, 11) is 0. The van der Waals surface area contributed by atoms with Crippen molar-refractivity contribution in [3.8, 4) is 0 Å². The molecule has 0 aromatic carbocycles. The lowest BCUT2D eigenvalue weighted by Crippen LogP contribution is -2.33. The summed E-state index contributed by atoms with van der Waals surface area (Å²) >= 11 is 0. The summed E-state index contributed by atoms with van der Waals surface area (Å²) in [6, 6.07) is 0. The molecule has 0 aromatic rings. The quantitative estimate of drug-likeness (QED) is 0.380. The zero-order valence-corrected chi connectivity index (χ0v) is 11.1. The van der Waals surface area contributed by atoms with Crippen LogP contribution in [0, 0.1) is 0 Å². The van der Waals surface area contributed by atoms with E-state index in [0.717, 1.165) is 19.3 Å². The number of nitrogens with two attached hydrogens (primary N) is 1. The molecular formula is C13H28N2O2. The van der Waals surface area contributed by atoms with Crippen molar-refractivity contribution in [2.24, 2.45) is 5.73 Å². The van der Waals surface area contributed by atoms with Crippen LogP contribution in [-0.4, -0.2) is 38.6 Å². The molecule has 0 aliphatic carbocycles. The molecular weight excluding hydrogens is 216 g/mol. The van der Waals surface area contributed by atoms with Gasteiger partial charge in [-0.05, 0) is 6.42 Å².